The monoisotopic (exact) mass is 281 g/mol. The number of hydrogen-bond acceptors (Lipinski definition) is 3. The van der Waals surface area contributed by atoms with Gasteiger partial charge in [-0.2, -0.15) is 0 Å². The smallest absolute Gasteiger partial charge is 0.123 e. The lowest BCUT2D eigenvalue weighted by Gasteiger charge is -2.26. The summed E-state index contributed by atoms with van der Waals surface area (Å²) in [7, 11) is 1.66. The second kappa shape index (κ2) is 5.31. The number of rotatable bonds is 4. The minimum Gasteiger partial charge on any atom is -0.496 e. The van der Waals surface area contributed by atoms with E-state index in [1.165, 1.54) is 0 Å². The van der Waals surface area contributed by atoms with E-state index in [1.54, 1.807) is 18.4 Å². The van der Waals surface area contributed by atoms with Crippen molar-refractivity contribution in [2.24, 2.45) is 5.73 Å². The maximum absolute atomic E-state index is 6.44. The Morgan fingerprint density at radius 2 is 2.06 bits per heavy atom. The molecule has 0 amide bonds. The lowest BCUT2D eigenvalue weighted by atomic mass is 9.88. The maximum Gasteiger partial charge on any atom is 0.123 e. The van der Waals surface area contributed by atoms with E-state index in [4.69, 9.17) is 22.1 Å². The first-order chi connectivity index (χ1) is 8.54. The van der Waals surface area contributed by atoms with Crippen LogP contribution in [0.2, 0.25) is 5.02 Å². The Hall–Kier alpha value is -1.03. The Morgan fingerprint density at radius 1 is 1.33 bits per heavy atom. The van der Waals surface area contributed by atoms with E-state index in [2.05, 4.69) is 0 Å². The second-order valence-electron chi connectivity index (χ2n) is 4.49. The average Bonchev–Trinajstić information content (AvgIpc) is 2.74. The molecule has 1 unspecified atom stereocenters. The van der Waals surface area contributed by atoms with Crippen LogP contribution in [-0.2, 0) is 12.0 Å². The molecule has 2 N–H and O–H groups in total. The van der Waals surface area contributed by atoms with Crippen molar-refractivity contribution in [3.63, 3.8) is 0 Å². The Balaban J connectivity index is 2.33. The van der Waals surface area contributed by atoms with Crippen molar-refractivity contribution in [2.45, 2.75) is 18.9 Å². The minimum atomic E-state index is -0.499. The van der Waals surface area contributed by atoms with Crippen molar-refractivity contribution < 1.29 is 4.74 Å². The first kappa shape index (κ1) is 13.4. The zero-order valence-corrected chi connectivity index (χ0v) is 12.0. The molecule has 0 aliphatic carbocycles. The molecule has 1 aromatic carbocycles. The van der Waals surface area contributed by atoms with Gasteiger partial charge in [0.05, 0.1) is 12.1 Å². The van der Waals surface area contributed by atoms with E-state index < -0.39 is 5.54 Å². The molecular formula is C14H16ClNOS. The Bertz CT molecular complexity index is 536. The molecule has 0 aliphatic rings. The first-order valence-electron chi connectivity index (χ1n) is 5.69. The molecule has 4 heteroatoms. The van der Waals surface area contributed by atoms with Crippen LogP contribution in [0.5, 0.6) is 5.75 Å². The van der Waals surface area contributed by atoms with Crippen LogP contribution in [0.4, 0.5) is 0 Å². The van der Waals surface area contributed by atoms with E-state index in [1.807, 2.05) is 42.6 Å². The van der Waals surface area contributed by atoms with Crippen molar-refractivity contribution in [3.8, 4) is 5.75 Å². The molecule has 0 aliphatic heterocycles. The molecule has 0 spiro atoms. The SMILES string of the molecule is COc1ccccc1C(C)(N)Cc1sccc1Cl. The van der Waals surface area contributed by atoms with E-state index in [9.17, 15) is 0 Å². The third-order valence-electron chi connectivity index (χ3n) is 2.94. The van der Waals surface area contributed by atoms with Gasteiger partial charge in [-0.15, -0.1) is 11.3 Å². The number of methoxy groups -OCH3 is 1. The predicted octanol–water partition coefficient (Wildman–Crippen LogP) is 3.83. The van der Waals surface area contributed by atoms with Crippen LogP contribution < -0.4 is 10.5 Å². The van der Waals surface area contributed by atoms with Gasteiger partial charge in [-0.1, -0.05) is 29.8 Å². The third-order valence-corrected chi connectivity index (χ3v) is 4.33. The summed E-state index contributed by atoms with van der Waals surface area (Å²) < 4.78 is 5.37. The van der Waals surface area contributed by atoms with Gasteiger partial charge in [0.1, 0.15) is 5.75 Å². The second-order valence-corrected chi connectivity index (χ2v) is 5.89. The van der Waals surface area contributed by atoms with Gasteiger partial charge in [0, 0.05) is 22.4 Å². The Labute approximate surface area is 116 Å². The van der Waals surface area contributed by atoms with Gasteiger partial charge in [-0.25, -0.2) is 0 Å². The van der Waals surface area contributed by atoms with Crippen LogP contribution in [0.1, 0.15) is 17.4 Å². The van der Waals surface area contributed by atoms with Crippen molar-refractivity contribution in [1.82, 2.24) is 0 Å². The summed E-state index contributed by atoms with van der Waals surface area (Å²) in [6.45, 7) is 2.00. The quantitative estimate of drug-likeness (QED) is 0.924. The lowest BCUT2D eigenvalue weighted by molar-refractivity contribution is 0.387. The summed E-state index contributed by atoms with van der Waals surface area (Å²) >= 11 is 7.76. The first-order valence-corrected chi connectivity index (χ1v) is 6.94. The molecule has 0 radical (unpaired) electrons. The summed E-state index contributed by atoms with van der Waals surface area (Å²) in [6, 6.07) is 9.74. The standard InChI is InChI=1S/C14H16ClNOS/c1-14(16,9-13-11(15)7-8-18-13)10-5-3-4-6-12(10)17-2/h3-8H,9,16H2,1-2H3. The number of halogens is 1. The molecule has 0 fully saturated rings. The fourth-order valence-electron chi connectivity index (χ4n) is 2.00. The lowest BCUT2D eigenvalue weighted by Crippen LogP contribution is -2.35. The molecule has 1 heterocycles. The number of ether oxygens (including phenoxy) is 1. The molecule has 2 nitrogen and oxygen atoms in total. The summed E-state index contributed by atoms with van der Waals surface area (Å²) in [5.74, 6) is 0.815. The van der Waals surface area contributed by atoms with Gasteiger partial charge >= 0.3 is 0 Å². The minimum absolute atomic E-state index is 0.499. The molecule has 1 aromatic heterocycles. The predicted molar refractivity (Wildman–Crippen MR) is 77.6 cm³/mol. The third kappa shape index (κ3) is 2.69. The summed E-state index contributed by atoms with van der Waals surface area (Å²) in [5, 5.41) is 2.77. The highest BCUT2D eigenvalue weighted by atomic mass is 35.5. The maximum atomic E-state index is 6.44. The molecule has 18 heavy (non-hydrogen) atoms. The number of thiophene rings is 1. The van der Waals surface area contributed by atoms with Gasteiger partial charge < -0.3 is 10.5 Å². The van der Waals surface area contributed by atoms with Crippen LogP contribution in [0.25, 0.3) is 0 Å². The molecule has 1 atom stereocenters. The highest BCUT2D eigenvalue weighted by Crippen LogP contribution is 2.34. The molecule has 96 valence electrons. The topological polar surface area (TPSA) is 35.2 Å². The van der Waals surface area contributed by atoms with Crippen molar-refractivity contribution in [2.75, 3.05) is 7.11 Å². The van der Waals surface area contributed by atoms with Gasteiger partial charge in [-0.05, 0) is 24.4 Å². The van der Waals surface area contributed by atoms with E-state index in [0.29, 0.717) is 6.42 Å². The zero-order chi connectivity index (χ0) is 13.2. The molecule has 2 rings (SSSR count). The number of para-hydroxylation sites is 1. The summed E-state index contributed by atoms with van der Waals surface area (Å²) in [4.78, 5) is 1.10. The molecule has 0 saturated heterocycles. The Kier molecular flexibility index (Phi) is 3.95. The van der Waals surface area contributed by atoms with E-state index >= 15 is 0 Å². The summed E-state index contributed by atoms with van der Waals surface area (Å²) in [6.07, 6.45) is 0.698. The molecule has 0 saturated carbocycles. The molecular weight excluding hydrogens is 266 g/mol. The largest absolute Gasteiger partial charge is 0.496 e. The summed E-state index contributed by atoms with van der Waals surface area (Å²) in [5.41, 5.74) is 6.94. The van der Waals surface area contributed by atoms with E-state index in [-0.39, 0.29) is 0 Å². The van der Waals surface area contributed by atoms with Crippen LogP contribution in [0.3, 0.4) is 0 Å². The van der Waals surface area contributed by atoms with Crippen LogP contribution >= 0.6 is 22.9 Å². The number of hydrogen-bond donors (Lipinski definition) is 1. The normalized spacial score (nSPS) is 14.2. The van der Waals surface area contributed by atoms with Gasteiger partial charge in [0.2, 0.25) is 0 Å². The number of benzene rings is 1. The van der Waals surface area contributed by atoms with Gasteiger partial charge in [-0.3, -0.25) is 0 Å². The van der Waals surface area contributed by atoms with Gasteiger partial charge in [0.15, 0.2) is 0 Å². The van der Waals surface area contributed by atoms with Crippen molar-refractivity contribution in [1.29, 1.82) is 0 Å². The Morgan fingerprint density at radius 3 is 2.67 bits per heavy atom. The van der Waals surface area contributed by atoms with Crippen molar-refractivity contribution >= 4 is 22.9 Å². The van der Waals surface area contributed by atoms with Crippen LogP contribution in [-0.4, -0.2) is 7.11 Å². The fraction of sp³-hybridized carbons (Fsp3) is 0.286. The van der Waals surface area contributed by atoms with Gasteiger partial charge in [0.25, 0.3) is 0 Å². The molecule has 0 bridgehead atoms. The van der Waals surface area contributed by atoms with Crippen molar-refractivity contribution in [3.05, 3.63) is 51.2 Å². The molecule has 2 aromatic rings. The zero-order valence-electron chi connectivity index (χ0n) is 10.4. The van der Waals surface area contributed by atoms with Crippen LogP contribution in [0.15, 0.2) is 35.7 Å². The fourth-order valence-corrected chi connectivity index (χ4v) is 3.27. The average molecular weight is 282 g/mol. The highest BCUT2D eigenvalue weighted by molar-refractivity contribution is 7.10. The van der Waals surface area contributed by atoms with E-state index in [0.717, 1.165) is 21.2 Å². The highest BCUT2D eigenvalue weighted by Gasteiger charge is 2.26. The van der Waals surface area contributed by atoms with Crippen LogP contribution in [0, 0.1) is 0 Å². The number of nitrogens with two attached hydrogens (primary N) is 1.